The lowest BCUT2D eigenvalue weighted by Gasteiger charge is -2.05. The maximum absolute atomic E-state index is 11.5. The molecule has 0 fully saturated rings. The van der Waals surface area contributed by atoms with Gasteiger partial charge in [0.05, 0.1) is 23.2 Å². The summed E-state index contributed by atoms with van der Waals surface area (Å²) in [5.74, 6) is -0.513. The molecule has 0 N–H and O–H groups in total. The van der Waals surface area contributed by atoms with Crippen molar-refractivity contribution in [1.82, 2.24) is 4.57 Å². The summed E-state index contributed by atoms with van der Waals surface area (Å²) in [6.45, 7) is 3.99. The van der Waals surface area contributed by atoms with Gasteiger partial charge >= 0.3 is 5.97 Å². The third-order valence-corrected chi connectivity index (χ3v) is 4.28. The summed E-state index contributed by atoms with van der Waals surface area (Å²) >= 11 is 4.85. The highest BCUT2D eigenvalue weighted by Crippen LogP contribution is 2.22. The van der Waals surface area contributed by atoms with E-state index >= 15 is 0 Å². The van der Waals surface area contributed by atoms with Gasteiger partial charge < -0.3 is 9.30 Å². The van der Waals surface area contributed by atoms with Crippen LogP contribution in [0.15, 0.2) is 27.7 Å². The molecular weight excluding hydrogens is 356 g/mol. The van der Waals surface area contributed by atoms with E-state index in [1.54, 1.807) is 6.92 Å². The van der Waals surface area contributed by atoms with Crippen molar-refractivity contribution in [3.05, 3.63) is 27.5 Å². The van der Waals surface area contributed by atoms with Crippen molar-refractivity contribution in [2.24, 2.45) is 4.99 Å². The molecule has 0 atom stereocenters. The van der Waals surface area contributed by atoms with Gasteiger partial charge in [-0.1, -0.05) is 27.3 Å². The molecule has 7 heteroatoms. The van der Waals surface area contributed by atoms with Crippen LogP contribution in [0, 0.1) is 0 Å². The zero-order valence-electron chi connectivity index (χ0n) is 11.8. The molecule has 0 aliphatic heterocycles. The molecule has 5 nitrogen and oxygen atoms in total. The van der Waals surface area contributed by atoms with Crippen LogP contribution in [-0.4, -0.2) is 23.1 Å². The molecule has 21 heavy (non-hydrogen) atoms. The summed E-state index contributed by atoms with van der Waals surface area (Å²) in [6, 6.07) is 5.84. The van der Waals surface area contributed by atoms with E-state index in [0.717, 1.165) is 14.7 Å². The Morgan fingerprint density at radius 1 is 1.43 bits per heavy atom. The number of halogens is 1. The number of fused-ring (bicyclic) bond motifs is 1. The van der Waals surface area contributed by atoms with E-state index in [-0.39, 0.29) is 18.3 Å². The molecule has 1 heterocycles. The number of hydrogen-bond acceptors (Lipinski definition) is 4. The van der Waals surface area contributed by atoms with Gasteiger partial charge in [0.15, 0.2) is 4.80 Å². The van der Waals surface area contributed by atoms with Crippen LogP contribution in [0.5, 0.6) is 0 Å². The van der Waals surface area contributed by atoms with Crippen LogP contribution >= 0.6 is 27.3 Å². The van der Waals surface area contributed by atoms with E-state index in [4.69, 9.17) is 4.74 Å². The number of carbonyl (C=O) groups is 2. The zero-order valence-corrected chi connectivity index (χ0v) is 14.2. The SMILES string of the molecule is CCOC(=O)CCn1c(=NC(C)=O)sc2cc(Br)ccc21. The molecule has 0 bridgehead atoms. The first-order chi connectivity index (χ1) is 10.0. The van der Waals surface area contributed by atoms with Gasteiger partial charge in [-0.05, 0) is 25.1 Å². The lowest BCUT2D eigenvalue weighted by atomic mass is 10.3. The average Bonchev–Trinajstić information content (AvgIpc) is 2.72. The molecule has 2 aromatic rings. The molecule has 0 unspecified atom stereocenters. The quantitative estimate of drug-likeness (QED) is 0.777. The molecule has 1 amide bonds. The number of amides is 1. The predicted octanol–water partition coefficient (Wildman–Crippen LogP) is 2.87. The van der Waals surface area contributed by atoms with Gasteiger partial charge in [0.1, 0.15) is 0 Å². The Morgan fingerprint density at radius 2 is 2.19 bits per heavy atom. The van der Waals surface area contributed by atoms with Crippen molar-refractivity contribution in [3.8, 4) is 0 Å². The number of esters is 1. The van der Waals surface area contributed by atoms with Gasteiger partial charge in [-0.2, -0.15) is 4.99 Å². The highest BCUT2D eigenvalue weighted by atomic mass is 79.9. The third-order valence-electron chi connectivity index (χ3n) is 2.74. The summed E-state index contributed by atoms with van der Waals surface area (Å²) < 4.78 is 8.79. The van der Waals surface area contributed by atoms with Crippen LogP contribution in [0.1, 0.15) is 20.3 Å². The number of rotatable bonds is 4. The number of aryl methyl sites for hydroxylation is 1. The minimum atomic E-state index is -0.259. The summed E-state index contributed by atoms with van der Waals surface area (Å²) in [5.41, 5.74) is 0.951. The number of benzene rings is 1. The molecule has 0 aliphatic rings. The second-order valence-corrected chi connectivity index (χ2v) is 6.26. The molecule has 2 rings (SSSR count). The van der Waals surface area contributed by atoms with Crippen LogP contribution in [0.3, 0.4) is 0 Å². The third kappa shape index (κ3) is 4.01. The van der Waals surface area contributed by atoms with Crippen molar-refractivity contribution in [1.29, 1.82) is 0 Å². The van der Waals surface area contributed by atoms with E-state index in [0.29, 0.717) is 18.0 Å². The molecule has 0 radical (unpaired) electrons. The smallest absolute Gasteiger partial charge is 0.307 e. The van der Waals surface area contributed by atoms with Gasteiger partial charge in [-0.3, -0.25) is 9.59 Å². The topological polar surface area (TPSA) is 60.7 Å². The maximum atomic E-state index is 11.5. The maximum Gasteiger partial charge on any atom is 0.307 e. The summed E-state index contributed by atoms with van der Waals surface area (Å²) in [4.78, 5) is 27.4. The number of hydrogen-bond donors (Lipinski definition) is 0. The van der Waals surface area contributed by atoms with Gasteiger partial charge in [0.25, 0.3) is 0 Å². The van der Waals surface area contributed by atoms with Gasteiger partial charge in [-0.15, -0.1) is 0 Å². The normalized spacial score (nSPS) is 11.9. The van der Waals surface area contributed by atoms with Crippen LogP contribution in [0.2, 0.25) is 0 Å². The molecular formula is C14H15BrN2O3S. The lowest BCUT2D eigenvalue weighted by molar-refractivity contribution is -0.143. The Kier molecular flexibility index (Phi) is 5.30. The minimum Gasteiger partial charge on any atom is -0.466 e. The van der Waals surface area contributed by atoms with Gasteiger partial charge in [0, 0.05) is 17.9 Å². The molecule has 112 valence electrons. The first-order valence-electron chi connectivity index (χ1n) is 6.51. The summed E-state index contributed by atoms with van der Waals surface area (Å²) in [7, 11) is 0. The van der Waals surface area contributed by atoms with E-state index in [1.807, 2.05) is 22.8 Å². The highest BCUT2D eigenvalue weighted by molar-refractivity contribution is 9.10. The molecule has 0 saturated heterocycles. The zero-order chi connectivity index (χ0) is 15.4. The van der Waals surface area contributed by atoms with Crippen LogP contribution in [0.4, 0.5) is 0 Å². The molecule has 0 aliphatic carbocycles. The lowest BCUT2D eigenvalue weighted by Crippen LogP contribution is -2.19. The number of thiazole rings is 1. The Bertz CT molecular complexity index is 748. The Hall–Kier alpha value is -1.47. The minimum absolute atomic E-state index is 0.251. The summed E-state index contributed by atoms with van der Waals surface area (Å²) in [6.07, 6.45) is 0.251. The standard InChI is InChI=1S/C14H15BrN2O3S/c1-3-20-13(19)6-7-17-11-5-4-10(15)8-12(11)21-14(17)16-9(2)18/h4-5,8H,3,6-7H2,1-2H3. The van der Waals surface area contributed by atoms with Gasteiger partial charge in [-0.25, -0.2) is 0 Å². The number of aromatic nitrogens is 1. The van der Waals surface area contributed by atoms with Crippen molar-refractivity contribution in [2.75, 3.05) is 6.61 Å². The highest BCUT2D eigenvalue weighted by Gasteiger charge is 2.10. The second kappa shape index (κ2) is 7.00. The van der Waals surface area contributed by atoms with Crippen molar-refractivity contribution < 1.29 is 14.3 Å². The van der Waals surface area contributed by atoms with Crippen LogP contribution in [-0.2, 0) is 20.9 Å². The molecule has 0 saturated carbocycles. The molecule has 0 spiro atoms. The largest absolute Gasteiger partial charge is 0.466 e. The summed E-state index contributed by atoms with van der Waals surface area (Å²) in [5, 5.41) is 0. The fourth-order valence-corrected chi connectivity index (χ4v) is 3.57. The van der Waals surface area contributed by atoms with Crippen molar-refractivity contribution in [2.45, 2.75) is 26.8 Å². The Labute approximate surface area is 134 Å². The van der Waals surface area contributed by atoms with Crippen LogP contribution < -0.4 is 4.80 Å². The Balaban J connectivity index is 2.43. The van der Waals surface area contributed by atoms with E-state index < -0.39 is 0 Å². The van der Waals surface area contributed by atoms with E-state index in [2.05, 4.69) is 20.9 Å². The molecule has 1 aromatic heterocycles. The second-order valence-electron chi connectivity index (χ2n) is 4.33. The van der Waals surface area contributed by atoms with Crippen molar-refractivity contribution in [3.63, 3.8) is 0 Å². The number of carbonyl (C=O) groups excluding carboxylic acids is 2. The van der Waals surface area contributed by atoms with Crippen LogP contribution in [0.25, 0.3) is 10.2 Å². The fraction of sp³-hybridized carbons (Fsp3) is 0.357. The van der Waals surface area contributed by atoms with E-state index in [1.165, 1.54) is 18.3 Å². The monoisotopic (exact) mass is 370 g/mol. The van der Waals surface area contributed by atoms with Crippen molar-refractivity contribution >= 4 is 49.4 Å². The Morgan fingerprint density at radius 3 is 2.86 bits per heavy atom. The van der Waals surface area contributed by atoms with Gasteiger partial charge in [0.2, 0.25) is 5.91 Å². The number of nitrogens with zero attached hydrogens (tertiary/aromatic N) is 2. The fourth-order valence-electron chi connectivity index (χ4n) is 1.92. The first kappa shape index (κ1) is 15.9. The number of ether oxygens (including phenoxy) is 1. The molecule has 1 aromatic carbocycles. The van der Waals surface area contributed by atoms with E-state index in [9.17, 15) is 9.59 Å². The first-order valence-corrected chi connectivity index (χ1v) is 8.12. The predicted molar refractivity (Wildman–Crippen MR) is 85.0 cm³/mol. The average molecular weight is 371 g/mol.